The van der Waals surface area contributed by atoms with Crippen LogP contribution in [0.1, 0.15) is 35.7 Å². The molecule has 2 aromatic rings. The maximum atomic E-state index is 13.5. The van der Waals surface area contributed by atoms with Crippen LogP contribution in [-0.4, -0.2) is 11.9 Å². The number of ether oxygens (including phenoxy) is 2. The van der Waals surface area contributed by atoms with E-state index in [1.165, 1.54) is 42.5 Å². The van der Waals surface area contributed by atoms with Gasteiger partial charge in [-0.3, -0.25) is 0 Å². The van der Waals surface area contributed by atoms with Crippen molar-refractivity contribution >= 4 is 11.9 Å². The maximum absolute atomic E-state index is 13.5. The summed E-state index contributed by atoms with van der Waals surface area (Å²) < 4.78 is 23.7. The minimum absolute atomic E-state index is 0.0111. The van der Waals surface area contributed by atoms with Gasteiger partial charge in [0.15, 0.2) is 0 Å². The zero-order valence-corrected chi connectivity index (χ0v) is 14.1. The number of hydrogen-bond donors (Lipinski definition) is 0. The van der Waals surface area contributed by atoms with Gasteiger partial charge in [0.25, 0.3) is 0 Å². The summed E-state index contributed by atoms with van der Waals surface area (Å²) in [6, 6.07) is 11.0. The Labute approximate surface area is 150 Å². The van der Waals surface area contributed by atoms with Crippen molar-refractivity contribution in [1.29, 1.82) is 5.26 Å². The fourth-order valence-corrected chi connectivity index (χ4v) is 1.97. The summed E-state index contributed by atoms with van der Waals surface area (Å²) in [4.78, 5) is 23.6. The van der Waals surface area contributed by atoms with E-state index in [9.17, 15) is 14.0 Å². The third-order valence-electron chi connectivity index (χ3n) is 3.29. The lowest BCUT2D eigenvalue weighted by atomic mass is 10.2. The molecule has 0 bridgehead atoms. The molecule has 5 nitrogen and oxygen atoms in total. The minimum atomic E-state index is -0.767. The topological polar surface area (TPSA) is 76.4 Å². The van der Waals surface area contributed by atoms with Gasteiger partial charge in [-0.2, -0.15) is 5.26 Å². The Kier molecular flexibility index (Phi) is 6.63. The molecule has 0 fully saturated rings. The van der Waals surface area contributed by atoms with Crippen LogP contribution in [0.5, 0.6) is 11.5 Å². The Morgan fingerprint density at radius 2 is 1.81 bits per heavy atom. The lowest BCUT2D eigenvalue weighted by molar-refractivity contribution is -0.129. The molecule has 0 aliphatic heterocycles. The van der Waals surface area contributed by atoms with Gasteiger partial charge in [-0.25, -0.2) is 14.0 Å². The highest BCUT2D eigenvalue weighted by Crippen LogP contribution is 2.19. The van der Waals surface area contributed by atoms with Gasteiger partial charge in [-0.15, -0.1) is 0 Å². The van der Waals surface area contributed by atoms with E-state index in [4.69, 9.17) is 14.7 Å². The first kappa shape index (κ1) is 18.9. The molecule has 26 heavy (non-hydrogen) atoms. The molecule has 0 atom stereocenters. The average molecular weight is 353 g/mol. The number of carbonyl (C=O) groups excluding carboxylic acids is 2. The van der Waals surface area contributed by atoms with E-state index in [1.807, 2.05) is 6.92 Å². The van der Waals surface area contributed by atoms with Crippen molar-refractivity contribution in [3.8, 4) is 17.6 Å². The Balaban J connectivity index is 1.99. The number of benzene rings is 2. The van der Waals surface area contributed by atoms with Crippen LogP contribution in [0.15, 0.2) is 54.6 Å². The molecule has 0 saturated carbocycles. The van der Waals surface area contributed by atoms with Gasteiger partial charge in [0.05, 0.1) is 11.1 Å². The van der Waals surface area contributed by atoms with Crippen molar-refractivity contribution in [2.75, 3.05) is 0 Å². The lowest BCUT2D eigenvalue weighted by Gasteiger charge is -2.06. The summed E-state index contributed by atoms with van der Waals surface area (Å²) in [5, 5.41) is 8.68. The number of hydrogen-bond acceptors (Lipinski definition) is 5. The molecule has 0 radical (unpaired) electrons. The molecule has 0 N–H and O–H groups in total. The molecule has 2 rings (SSSR count). The largest absolute Gasteiger partial charge is 0.423 e. The fourth-order valence-electron chi connectivity index (χ4n) is 1.97. The molecular formula is C20H16FNO4. The van der Waals surface area contributed by atoms with Crippen molar-refractivity contribution in [3.63, 3.8) is 0 Å². The van der Waals surface area contributed by atoms with Crippen molar-refractivity contribution < 1.29 is 23.5 Å². The van der Waals surface area contributed by atoms with Crippen molar-refractivity contribution in [2.24, 2.45) is 0 Å². The Bertz CT molecular complexity index is 866. The van der Waals surface area contributed by atoms with Crippen LogP contribution in [0.3, 0.4) is 0 Å². The van der Waals surface area contributed by atoms with Crippen LogP contribution >= 0.6 is 0 Å². The molecule has 132 valence electrons. The maximum Gasteiger partial charge on any atom is 0.343 e. The van der Waals surface area contributed by atoms with Gasteiger partial charge >= 0.3 is 11.9 Å². The number of halogens is 1. The minimum Gasteiger partial charge on any atom is -0.423 e. The average Bonchev–Trinajstić information content (AvgIpc) is 2.62. The van der Waals surface area contributed by atoms with Gasteiger partial charge in [0.1, 0.15) is 23.4 Å². The zero-order chi connectivity index (χ0) is 18.9. The normalized spacial score (nSPS) is 10.3. The summed E-state index contributed by atoms with van der Waals surface area (Å²) in [7, 11) is 0. The van der Waals surface area contributed by atoms with E-state index in [0.29, 0.717) is 0 Å². The number of unbranched alkanes of at least 4 members (excludes halogenated alkanes) is 1. The summed E-state index contributed by atoms with van der Waals surface area (Å²) >= 11 is 0. The third kappa shape index (κ3) is 5.28. The van der Waals surface area contributed by atoms with Crippen LogP contribution in [0.4, 0.5) is 4.39 Å². The number of nitriles is 1. The number of carbonyl (C=O) groups is 2. The zero-order valence-electron chi connectivity index (χ0n) is 14.1. The monoisotopic (exact) mass is 353 g/mol. The molecule has 0 aliphatic rings. The SMILES string of the molecule is CCC/C=C/C(=O)Oc1ccc(C(=O)Oc2ccc(C#N)c(F)c2)cc1. The molecule has 0 heterocycles. The Morgan fingerprint density at radius 1 is 1.12 bits per heavy atom. The van der Waals surface area contributed by atoms with Crippen LogP contribution in [0.2, 0.25) is 0 Å². The Morgan fingerprint density at radius 3 is 2.42 bits per heavy atom. The number of nitrogens with zero attached hydrogens (tertiary/aromatic N) is 1. The van der Waals surface area contributed by atoms with Crippen molar-refractivity contribution in [2.45, 2.75) is 19.8 Å². The molecule has 2 aromatic carbocycles. The predicted octanol–water partition coefficient (Wildman–Crippen LogP) is 4.18. The van der Waals surface area contributed by atoms with Crippen LogP contribution in [0, 0.1) is 17.1 Å². The summed E-state index contributed by atoms with van der Waals surface area (Å²) in [5.41, 5.74) is 0.0695. The van der Waals surface area contributed by atoms with E-state index in [2.05, 4.69) is 0 Å². The number of rotatable bonds is 6. The molecular weight excluding hydrogens is 337 g/mol. The van der Waals surface area contributed by atoms with Gasteiger partial charge in [0, 0.05) is 12.1 Å². The van der Waals surface area contributed by atoms with Crippen LogP contribution in [-0.2, 0) is 4.79 Å². The highest BCUT2D eigenvalue weighted by Gasteiger charge is 2.11. The van der Waals surface area contributed by atoms with Crippen LogP contribution < -0.4 is 9.47 Å². The second-order valence-electron chi connectivity index (χ2n) is 5.28. The van der Waals surface area contributed by atoms with E-state index in [0.717, 1.165) is 18.9 Å². The van der Waals surface area contributed by atoms with Crippen LogP contribution in [0.25, 0.3) is 0 Å². The number of allylic oxidation sites excluding steroid dienone is 1. The van der Waals surface area contributed by atoms with Gasteiger partial charge in [-0.1, -0.05) is 19.4 Å². The Hall–Kier alpha value is -3.46. The van der Waals surface area contributed by atoms with Gasteiger partial charge < -0.3 is 9.47 Å². The number of esters is 2. The quantitative estimate of drug-likeness (QED) is 0.442. The summed E-state index contributed by atoms with van der Waals surface area (Å²) in [5.74, 6) is -1.69. The molecule has 6 heteroatoms. The van der Waals surface area contributed by atoms with E-state index >= 15 is 0 Å². The van der Waals surface area contributed by atoms with E-state index in [1.54, 1.807) is 12.1 Å². The van der Waals surface area contributed by atoms with Crippen molar-refractivity contribution in [1.82, 2.24) is 0 Å². The summed E-state index contributed by atoms with van der Waals surface area (Å²) in [6.07, 6.45) is 4.80. The van der Waals surface area contributed by atoms with Gasteiger partial charge in [0.2, 0.25) is 0 Å². The van der Waals surface area contributed by atoms with Crippen molar-refractivity contribution in [3.05, 3.63) is 71.6 Å². The highest BCUT2D eigenvalue weighted by molar-refractivity contribution is 5.91. The van der Waals surface area contributed by atoms with E-state index in [-0.39, 0.29) is 22.6 Å². The lowest BCUT2D eigenvalue weighted by Crippen LogP contribution is -2.09. The van der Waals surface area contributed by atoms with Gasteiger partial charge in [-0.05, 0) is 42.8 Å². The molecule has 0 saturated heterocycles. The molecule has 0 aromatic heterocycles. The molecule has 0 aliphatic carbocycles. The molecule has 0 amide bonds. The first-order valence-corrected chi connectivity index (χ1v) is 7.93. The predicted molar refractivity (Wildman–Crippen MR) is 92.2 cm³/mol. The second-order valence-corrected chi connectivity index (χ2v) is 5.28. The fraction of sp³-hybridized carbons (Fsp3) is 0.150. The smallest absolute Gasteiger partial charge is 0.343 e. The van der Waals surface area contributed by atoms with E-state index < -0.39 is 17.8 Å². The first-order valence-electron chi connectivity index (χ1n) is 7.93. The molecule has 0 spiro atoms. The second kappa shape index (κ2) is 9.14. The summed E-state index contributed by atoms with van der Waals surface area (Å²) in [6.45, 7) is 2.00. The first-order chi connectivity index (χ1) is 12.5. The highest BCUT2D eigenvalue weighted by atomic mass is 19.1. The standard InChI is InChI=1S/C20H16FNO4/c1-2-3-4-5-19(23)25-16-9-6-14(7-10-16)20(24)26-17-11-8-15(13-22)18(21)12-17/h4-12H,2-3H2,1H3/b5-4+. The molecule has 0 unspecified atom stereocenters. The third-order valence-corrected chi connectivity index (χ3v) is 3.29.